The summed E-state index contributed by atoms with van der Waals surface area (Å²) in [7, 11) is 0. The molecule has 3 aliphatic rings. The van der Waals surface area contributed by atoms with Crippen LogP contribution in [0.4, 0.5) is 0 Å². The van der Waals surface area contributed by atoms with E-state index in [1.54, 1.807) is 19.9 Å². The molecule has 0 amide bonds. The van der Waals surface area contributed by atoms with Crippen LogP contribution in [0.2, 0.25) is 0 Å². The Morgan fingerprint density at radius 2 is 1.82 bits per heavy atom. The number of fused-ring (bicyclic) bond motifs is 2. The van der Waals surface area contributed by atoms with Gasteiger partial charge in [-0.15, -0.1) is 0 Å². The normalized spacial score (nSPS) is 45.1. The van der Waals surface area contributed by atoms with Crippen LogP contribution >= 0.6 is 0 Å². The van der Waals surface area contributed by atoms with Crippen LogP contribution in [0.5, 0.6) is 0 Å². The zero-order valence-electron chi connectivity index (χ0n) is 18.1. The molecule has 0 aromatic carbocycles. The molecule has 0 spiro atoms. The minimum absolute atomic E-state index is 0.0236. The molecule has 3 rings (SSSR count). The fourth-order valence-electron chi connectivity index (χ4n) is 5.56. The maximum Gasteiger partial charge on any atom is 0.333 e. The van der Waals surface area contributed by atoms with Gasteiger partial charge in [0.15, 0.2) is 0 Å². The van der Waals surface area contributed by atoms with Crippen LogP contribution in [-0.4, -0.2) is 46.6 Å². The molecule has 1 N–H and O–H groups in total. The van der Waals surface area contributed by atoms with Crippen LogP contribution in [0, 0.1) is 17.3 Å². The molecule has 0 aromatic heterocycles. The predicted octanol–water partition coefficient (Wildman–Crippen LogP) is 3.16. The Labute approximate surface area is 167 Å². The van der Waals surface area contributed by atoms with E-state index in [1.807, 2.05) is 27.7 Å². The Bertz CT molecular complexity index is 699. The number of hydrogen-bond acceptors (Lipinski definition) is 6. The Kier molecular flexibility index (Phi) is 5.20. The topological polar surface area (TPSA) is 85.4 Å². The molecule has 1 aliphatic heterocycles. The van der Waals surface area contributed by atoms with Gasteiger partial charge in [0.2, 0.25) is 0 Å². The molecule has 2 saturated carbocycles. The van der Waals surface area contributed by atoms with Crippen molar-refractivity contribution in [3.8, 4) is 0 Å². The summed E-state index contributed by atoms with van der Waals surface area (Å²) in [5, 5.41) is 11.7. The first kappa shape index (κ1) is 21.3. The SMILES string of the molecule is C/C=C(/C)C(=O)O[C@H]1C[C@]2(C)O[C@H]2[C@@H](OC(C)=O)[C@@]2(C)CC[C@@](O)(C(C)C)[C@H]12. The highest BCUT2D eigenvalue weighted by atomic mass is 16.6. The highest BCUT2D eigenvalue weighted by molar-refractivity contribution is 5.87. The van der Waals surface area contributed by atoms with E-state index >= 15 is 0 Å². The summed E-state index contributed by atoms with van der Waals surface area (Å²) in [5.74, 6) is -1.10. The van der Waals surface area contributed by atoms with Gasteiger partial charge in [0.1, 0.15) is 18.3 Å². The lowest BCUT2D eigenvalue weighted by Crippen LogP contribution is -2.54. The van der Waals surface area contributed by atoms with E-state index in [1.165, 1.54) is 6.92 Å². The highest BCUT2D eigenvalue weighted by Crippen LogP contribution is 2.64. The van der Waals surface area contributed by atoms with Crippen molar-refractivity contribution in [3.05, 3.63) is 11.6 Å². The van der Waals surface area contributed by atoms with Gasteiger partial charge in [0.05, 0.1) is 11.2 Å². The van der Waals surface area contributed by atoms with E-state index < -0.39 is 28.8 Å². The summed E-state index contributed by atoms with van der Waals surface area (Å²) in [6.07, 6.45) is 2.22. The van der Waals surface area contributed by atoms with E-state index in [-0.39, 0.29) is 29.9 Å². The van der Waals surface area contributed by atoms with Crippen LogP contribution in [0.3, 0.4) is 0 Å². The second-order valence-corrected chi connectivity index (χ2v) is 9.63. The lowest BCUT2D eigenvalue weighted by atomic mass is 9.66. The first-order valence-electron chi connectivity index (χ1n) is 10.3. The first-order chi connectivity index (χ1) is 12.9. The number of rotatable bonds is 4. The molecule has 158 valence electrons. The third kappa shape index (κ3) is 3.18. The zero-order chi connectivity index (χ0) is 21.1. The fraction of sp³-hybridized carbons (Fsp3) is 0.818. The molecule has 0 bridgehead atoms. The lowest BCUT2D eigenvalue weighted by Gasteiger charge is -2.45. The fourth-order valence-corrected chi connectivity index (χ4v) is 5.56. The summed E-state index contributed by atoms with van der Waals surface area (Å²) in [6.45, 7) is 12.9. The van der Waals surface area contributed by atoms with Crippen LogP contribution in [0.25, 0.3) is 0 Å². The molecule has 1 saturated heterocycles. The van der Waals surface area contributed by atoms with Gasteiger partial charge in [0, 0.05) is 30.3 Å². The number of epoxide rings is 1. The smallest absolute Gasteiger partial charge is 0.333 e. The number of hydrogen-bond donors (Lipinski definition) is 1. The van der Waals surface area contributed by atoms with Crippen molar-refractivity contribution < 1.29 is 28.9 Å². The number of carbonyl (C=O) groups excluding carboxylic acids is 2. The maximum atomic E-state index is 12.6. The molecular weight excluding hydrogens is 360 g/mol. The van der Waals surface area contributed by atoms with Gasteiger partial charge in [-0.05, 0) is 39.5 Å². The van der Waals surface area contributed by atoms with Gasteiger partial charge in [-0.1, -0.05) is 26.8 Å². The molecule has 2 aliphatic carbocycles. The van der Waals surface area contributed by atoms with Crippen LogP contribution in [0.1, 0.15) is 67.7 Å². The van der Waals surface area contributed by atoms with Gasteiger partial charge in [0.25, 0.3) is 0 Å². The van der Waals surface area contributed by atoms with Crippen LogP contribution < -0.4 is 0 Å². The zero-order valence-corrected chi connectivity index (χ0v) is 18.1. The number of carbonyl (C=O) groups is 2. The number of aliphatic hydroxyl groups is 1. The minimum Gasteiger partial charge on any atom is -0.459 e. The lowest BCUT2D eigenvalue weighted by molar-refractivity contribution is -0.181. The first-order valence-corrected chi connectivity index (χ1v) is 10.3. The molecule has 28 heavy (non-hydrogen) atoms. The van der Waals surface area contributed by atoms with Crippen molar-refractivity contribution in [1.29, 1.82) is 0 Å². The Morgan fingerprint density at radius 1 is 1.18 bits per heavy atom. The standard InChI is InChI=1S/C22H34O6/c1-8-13(4)19(24)27-15-11-21(7)18(28-21)17(26-14(5)23)20(6)9-10-22(25,12(2)3)16(15)20/h8,12,15-18,25H,9-11H2,1-7H3/b13-8-/t15-,16+,17+,18-,20-,21-,22+/m0/s1. The van der Waals surface area contributed by atoms with E-state index in [0.29, 0.717) is 24.8 Å². The van der Waals surface area contributed by atoms with Crippen molar-refractivity contribution in [2.75, 3.05) is 0 Å². The van der Waals surface area contributed by atoms with Crippen molar-refractivity contribution in [1.82, 2.24) is 0 Å². The van der Waals surface area contributed by atoms with Crippen molar-refractivity contribution in [2.24, 2.45) is 17.3 Å². The Balaban J connectivity index is 2.07. The minimum atomic E-state index is -1.00. The molecule has 0 radical (unpaired) electrons. The molecule has 6 nitrogen and oxygen atoms in total. The third-order valence-corrected chi connectivity index (χ3v) is 7.46. The summed E-state index contributed by atoms with van der Waals surface area (Å²) in [6, 6.07) is 0. The molecule has 0 unspecified atom stereocenters. The van der Waals surface area contributed by atoms with Crippen LogP contribution in [0.15, 0.2) is 11.6 Å². The largest absolute Gasteiger partial charge is 0.459 e. The molecule has 0 aromatic rings. The van der Waals surface area contributed by atoms with E-state index in [9.17, 15) is 14.7 Å². The second kappa shape index (κ2) is 6.84. The monoisotopic (exact) mass is 394 g/mol. The van der Waals surface area contributed by atoms with Gasteiger partial charge in [-0.3, -0.25) is 4.79 Å². The number of allylic oxidation sites excluding steroid dienone is 1. The summed E-state index contributed by atoms with van der Waals surface area (Å²) in [4.78, 5) is 24.5. The van der Waals surface area contributed by atoms with Crippen molar-refractivity contribution in [2.45, 2.75) is 97.2 Å². The summed E-state index contributed by atoms with van der Waals surface area (Å²) < 4.78 is 17.7. The third-order valence-electron chi connectivity index (χ3n) is 7.46. The Morgan fingerprint density at radius 3 is 2.36 bits per heavy atom. The number of ether oxygens (including phenoxy) is 3. The number of esters is 2. The van der Waals surface area contributed by atoms with Gasteiger partial charge < -0.3 is 19.3 Å². The van der Waals surface area contributed by atoms with E-state index in [4.69, 9.17) is 14.2 Å². The van der Waals surface area contributed by atoms with Crippen molar-refractivity contribution >= 4 is 11.9 Å². The molecule has 1 heterocycles. The average Bonchev–Trinajstić information content (AvgIpc) is 3.17. The quantitative estimate of drug-likeness (QED) is 0.448. The van der Waals surface area contributed by atoms with E-state index in [2.05, 4.69) is 0 Å². The maximum absolute atomic E-state index is 12.6. The van der Waals surface area contributed by atoms with Gasteiger partial charge in [-0.25, -0.2) is 4.79 Å². The van der Waals surface area contributed by atoms with Gasteiger partial charge >= 0.3 is 11.9 Å². The second-order valence-electron chi connectivity index (χ2n) is 9.63. The summed E-state index contributed by atoms with van der Waals surface area (Å²) >= 11 is 0. The predicted molar refractivity (Wildman–Crippen MR) is 103 cm³/mol. The molecule has 6 heteroatoms. The Hall–Kier alpha value is -1.40. The van der Waals surface area contributed by atoms with Crippen LogP contribution in [-0.2, 0) is 23.8 Å². The molecule has 3 fully saturated rings. The van der Waals surface area contributed by atoms with Crippen molar-refractivity contribution in [3.63, 3.8) is 0 Å². The summed E-state index contributed by atoms with van der Waals surface area (Å²) in [5.41, 5.74) is -1.54. The van der Waals surface area contributed by atoms with Gasteiger partial charge in [-0.2, -0.15) is 0 Å². The average molecular weight is 395 g/mol. The highest BCUT2D eigenvalue weighted by Gasteiger charge is 2.73. The molecule has 7 atom stereocenters. The van der Waals surface area contributed by atoms with E-state index in [0.717, 1.165) is 0 Å². The molecular formula is C22H34O6.